The average Bonchev–Trinajstić information content (AvgIpc) is 2.84. The number of nitrogens with zero attached hydrogens (tertiary/aromatic N) is 2. The second-order valence-corrected chi connectivity index (χ2v) is 8.69. The van der Waals surface area contributed by atoms with Crippen molar-refractivity contribution in [3.05, 3.63) is 107 Å². The number of nitrogens with one attached hydrogen (secondary N) is 3. The maximum atomic E-state index is 12.5. The number of aromatic nitrogens is 3. The second kappa shape index (κ2) is 9.96. The van der Waals surface area contributed by atoms with Gasteiger partial charge in [-0.25, -0.2) is 23.1 Å². The number of pyridine rings is 1. The molecule has 4 aromatic rings. The fourth-order valence-electron chi connectivity index (χ4n) is 2.88. The van der Waals surface area contributed by atoms with Crippen LogP contribution in [-0.2, 0) is 16.6 Å². The normalized spacial score (nSPS) is 10.9. The lowest BCUT2D eigenvalue weighted by Crippen LogP contribution is -2.18. The summed E-state index contributed by atoms with van der Waals surface area (Å²) in [7, 11) is -3.90. The van der Waals surface area contributed by atoms with Crippen LogP contribution in [0, 0.1) is 0 Å². The molecule has 0 bridgehead atoms. The van der Waals surface area contributed by atoms with Crippen molar-refractivity contribution in [1.82, 2.24) is 15.0 Å². The molecule has 0 aliphatic rings. The van der Waals surface area contributed by atoms with E-state index in [1.807, 2.05) is 30.3 Å². The average molecular weight is 478 g/mol. The number of rotatable bonds is 8. The third-order valence-corrected chi connectivity index (χ3v) is 5.92. The lowest BCUT2D eigenvalue weighted by atomic mass is 10.2. The number of amides is 1. The van der Waals surface area contributed by atoms with Gasteiger partial charge in [-0.2, -0.15) is 0 Å². The summed E-state index contributed by atoms with van der Waals surface area (Å²) in [6.07, 6.45) is 4.15. The number of sulfonamides is 1. The number of H-pyrrole nitrogens is 1. The molecule has 11 heteroatoms. The smallest absolute Gasteiger partial charge is 0.272 e. The predicted molar refractivity (Wildman–Crippen MR) is 125 cm³/mol. The van der Waals surface area contributed by atoms with Crippen molar-refractivity contribution in [3.8, 4) is 5.75 Å². The van der Waals surface area contributed by atoms with Gasteiger partial charge in [0.2, 0.25) is 11.4 Å². The highest BCUT2D eigenvalue weighted by atomic mass is 32.2. The van der Waals surface area contributed by atoms with E-state index in [0.29, 0.717) is 5.69 Å². The number of benzene rings is 2. The summed E-state index contributed by atoms with van der Waals surface area (Å²) in [4.78, 5) is 35.2. The van der Waals surface area contributed by atoms with Crippen LogP contribution in [0.1, 0.15) is 16.1 Å². The summed E-state index contributed by atoms with van der Waals surface area (Å²) in [6, 6.07) is 17.6. The molecular formula is C23H19N5O5S. The van der Waals surface area contributed by atoms with Crippen molar-refractivity contribution in [1.29, 1.82) is 0 Å². The highest BCUT2D eigenvalue weighted by molar-refractivity contribution is 7.92. The van der Waals surface area contributed by atoms with Crippen LogP contribution in [0.3, 0.4) is 0 Å². The van der Waals surface area contributed by atoms with Crippen molar-refractivity contribution in [2.24, 2.45) is 0 Å². The highest BCUT2D eigenvalue weighted by Gasteiger charge is 2.16. The van der Waals surface area contributed by atoms with E-state index in [4.69, 9.17) is 4.74 Å². The number of hydrogen-bond donors (Lipinski definition) is 3. The standard InChI is InChI=1S/C23H19N5O5S/c29-20-13-19(26-14-21(20)33-15-16-5-2-1-3-6-16)22(30)27-17-7-9-18(10-8-17)34(31,32)28-23-24-11-4-12-25-23/h1-14H,15H2,(H,26,29)(H,27,30)(H,24,25,28). The van der Waals surface area contributed by atoms with Crippen LogP contribution in [0.2, 0.25) is 0 Å². The molecule has 34 heavy (non-hydrogen) atoms. The zero-order chi connectivity index (χ0) is 24.0. The van der Waals surface area contributed by atoms with Gasteiger partial charge in [0.15, 0.2) is 5.75 Å². The molecule has 0 aliphatic heterocycles. The fourth-order valence-corrected chi connectivity index (χ4v) is 3.84. The van der Waals surface area contributed by atoms with E-state index in [1.54, 1.807) is 6.07 Å². The summed E-state index contributed by atoms with van der Waals surface area (Å²) in [6.45, 7) is 0.218. The lowest BCUT2D eigenvalue weighted by molar-refractivity contribution is 0.102. The monoisotopic (exact) mass is 477 g/mol. The van der Waals surface area contributed by atoms with Crippen LogP contribution in [0.5, 0.6) is 5.75 Å². The van der Waals surface area contributed by atoms with Gasteiger partial charge in [0.25, 0.3) is 15.9 Å². The molecule has 0 spiro atoms. The number of carbonyl (C=O) groups is 1. The first kappa shape index (κ1) is 22.7. The van der Waals surface area contributed by atoms with E-state index in [9.17, 15) is 18.0 Å². The molecule has 4 rings (SSSR count). The molecule has 2 aromatic carbocycles. The third kappa shape index (κ3) is 5.64. The van der Waals surface area contributed by atoms with Crippen molar-refractivity contribution in [3.63, 3.8) is 0 Å². The van der Waals surface area contributed by atoms with Crippen LogP contribution >= 0.6 is 0 Å². The Labute approximate surface area is 194 Å². The number of anilines is 2. The number of hydrogen-bond acceptors (Lipinski definition) is 7. The molecule has 3 N–H and O–H groups in total. The van der Waals surface area contributed by atoms with E-state index in [2.05, 4.69) is 25.0 Å². The molecule has 0 atom stereocenters. The van der Waals surface area contributed by atoms with Gasteiger partial charge < -0.3 is 15.0 Å². The Morgan fingerprint density at radius 1 is 0.971 bits per heavy atom. The molecule has 0 saturated heterocycles. The summed E-state index contributed by atoms with van der Waals surface area (Å²) in [5.41, 5.74) is 0.818. The molecule has 172 valence electrons. The van der Waals surface area contributed by atoms with E-state index >= 15 is 0 Å². The van der Waals surface area contributed by atoms with Crippen LogP contribution in [0.15, 0.2) is 95.0 Å². The van der Waals surface area contributed by atoms with Gasteiger partial charge >= 0.3 is 0 Å². The number of aromatic amines is 1. The molecule has 2 aromatic heterocycles. The highest BCUT2D eigenvalue weighted by Crippen LogP contribution is 2.17. The molecule has 0 fully saturated rings. The van der Waals surface area contributed by atoms with Crippen LogP contribution in [0.4, 0.5) is 11.6 Å². The largest absolute Gasteiger partial charge is 0.483 e. The summed E-state index contributed by atoms with van der Waals surface area (Å²) in [5.74, 6) is -0.539. The maximum absolute atomic E-state index is 12.5. The minimum atomic E-state index is -3.90. The summed E-state index contributed by atoms with van der Waals surface area (Å²) >= 11 is 0. The van der Waals surface area contributed by atoms with E-state index in [0.717, 1.165) is 11.6 Å². The Morgan fingerprint density at radius 3 is 2.35 bits per heavy atom. The van der Waals surface area contributed by atoms with Gasteiger partial charge in [0.05, 0.1) is 4.90 Å². The zero-order valence-electron chi connectivity index (χ0n) is 17.6. The molecule has 0 unspecified atom stereocenters. The van der Waals surface area contributed by atoms with Crippen LogP contribution < -0.4 is 20.2 Å². The maximum Gasteiger partial charge on any atom is 0.272 e. The van der Waals surface area contributed by atoms with Crippen LogP contribution in [-0.4, -0.2) is 29.3 Å². The van der Waals surface area contributed by atoms with Gasteiger partial charge in [-0.05, 0) is 35.9 Å². The second-order valence-electron chi connectivity index (χ2n) is 7.01. The van der Waals surface area contributed by atoms with Gasteiger partial charge in [-0.3, -0.25) is 9.59 Å². The van der Waals surface area contributed by atoms with E-state index in [1.165, 1.54) is 42.9 Å². The molecule has 1 amide bonds. The molecular weight excluding hydrogens is 458 g/mol. The van der Waals surface area contributed by atoms with Gasteiger partial charge in [0, 0.05) is 30.3 Å². The molecule has 0 radical (unpaired) electrons. The Hall–Kier alpha value is -4.51. The minimum Gasteiger partial charge on any atom is -0.483 e. The molecule has 0 saturated carbocycles. The summed E-state index contributed by atoms with van der Waals surface area (Å²) < 4.78 is 32.7. The Bertz CT molecular complexity index is 1440. The fraction of sp³-hybridized carbons (Fsp3) is 0.0435. The first-order valence-corrected chi connectivity index (χ1v) is 11.5. The molecule has 0 aliphatic carbocycles. The Kier molecular flexibility index (Phi) is 6.64. The molecule has 2 heterocycles. The third-order valence-electron chi connectivity index (χ3n) is 4.57. The predicted octanol–water partition coefficient (Wildman–Crippen LogP) is 2.80. The van der Waals surface area contributed by atoms with Gasteiger partial charge in [0.1, 0.15) is 12.3 Å². The minimum absolute atomic E-state index is 0.0247. The van der Waals surface area contributed by atoms with Crippen molar-refractivity contribution in [2.75, 3.05) is 10.0 Å². The van der Waals surface area contributed by atoms with Crippen molar-refractivity contribution >= 4 is 27.6 Å². The van der Waals surface area contributed by atoms with E-state index in [-0.39, 0.29) is 28.9 Å². The first-order chi connectivity index (χ1) is 16.4. The topological polar surface area (TPSA) is 143 Å². The van der Waals surface area contributed by atoms with Crippen molar-refractivity contribution in [2.45, 2.75) is 11.5 Å². The zero-order valence-corrected chi connectivity index (χ0v) is 18.5. The summed E-state index contributed by atoms with van der Waals surface area (Å²) in [5, 5.41) is 2.60. The first-order valence-electron chi connectivity index (χ1n) is 10.0. The SMILES string of the molecule is O=C(Nc1ccc(S(=O)(=O)Nc2ncccn2)cc1)c1cc(=O)c(OCc2ccccc2)c[nH]1. The van der Waals surface area contributed by atoms with Crippen LogP contribution in [0.25, 0.3) is 0 Å². The molecule has 10 nitrogen and oxygen atoms in total. The lowest BCUT2D eigenvalue weighted by Gasteiger charge is -2.09. The number of ether oxygens (including phenoxy) is 1. The van der Waals surface area contributed by atoms with Gasteiger partial charge in [-0.1, -0.05) is 30.3 Å². The Balaban J connectivity index is 1.39. The van der Waals surface area contributed by atoms with Gasteiger partial charge in [-0.15, -0.1) is 0 Å². The Morgan fingerprint density at radius 2 is 1.68 bits per heavy atom. The number of carbonyl (C=O) groups excluding carboxylic acids is 1. The quantitative estimate of drug-likeness (QED) is 0.354. The van der Waals surface area contributed by atoms with Crippen molar-refractivity contribution < 1.29 is 17.9 Å². The van der Waals surface area contributed by atoms with E-state index < -0.39 is 21.4 Å².